The summed E-state index contributed by atoms with van der Waals surface area (Å²) in [6.45, 7) is 0. The third kappa shape index (κ3) is 2.38. The van der Waals surface area contributed by atoms with Gasteiger partial charge in [0.1, 0.15) is 11.5 Å². The second-order valence-corrected chi connectivity index (χ2v) is 4.81. The van der Waals surface area contributed by atoms with Crippen LogP contribution in [0.3, 0.4) is 0 Å². The van der Waals surface area contributed by atoms with Crippen LogP contribution in [-0.4, -0.2) is 37.0 Å². The number of aldehydes is 1. The van der Waals surface area contributed by atoms with Crippen molar-refractivity contribution in [1.29, 1.82) is 0 Å². The molecule has 6 nitrogen and oxygen atoms in total. The van der Waals surface area contributed by atoms with Gasteiger partial charge in [-0.1, -0.05) is 6.07 Å². The highest BCUT2D eigenvalue weighted by atomic mass is 16.5. The summed E-state index contributed by atoms with van der Waals surface area (Å²) in [6.07, 6.45) is 2.60. The van der Waals surface area contributed by atoms with Crippen molar-refractivity contribution in [2.24, 2.45) is 0 Å². The summed E-state index contributed by atoms with van der Waals surface area (Å²) < 4.78 is 17.9. The maximum Gasteiger partial charge on any atom is 0.203 e. The van der Waals surface area contributed by atoms with E-state index in [-0.39, 0.29) is 0 Å². The van der Waals surface area contributed by atoms with Crippen LogP contribution in [0.5, 0.6) is 17.2 Å². The van der Waals surface area contributed by atoms with Crippen molar-refractivity contribution >= 4 is 11.8 Å². The highest BCUT2D eigenvalue weighted by Gasteiger charge is 2.18. The fraction of sp³-hybridized carbons (Fsp3) is 0.176. The van der Waals surface area contributed by atoms with Crippen LogP contribution in [0, 0.1) is 0 Å². The lowest BCUT2D eigenvalue weighted by atomic mass is 10.1. The van der Waals surface area contributed by atoms with Gasteiger partial charge in [-0.15, -0.1) is 0 Å². The Balaban J connectivity index is 2.29. The molecule has 0 aliphatic heterocycles. The molecule has 0 saturated heterocycles. The molecule has 0 atom stereocenters. The molecule has 0 aliphatic rings. The molecule has 2 aromatic heterocycles. The minimum atomic E-state index is 0.384. The van der Waals surface area contributed by atoms with Crippen LogP contribution in [0.15, 0.2) is 36.5 Å². The lowest BCUT2D eigenvalue weighted by molar-refractivity contribution is 0.112. The molecule has 23 heavy (non-hydrogen) atoms. The molecule has 1 aromatic carbocycles. The Morgan fingerprint density at radius 2 is 1.74 bits per heavy atom. The largest absolute Gasteiger partial charge is 0.493 e. The molecular weight excluding hydrogens is 296 g/mol. The molecular formula is C17H16N2O4. The van der Waals surface area contributed by atoms with E-state index in [0.717, 1.165) is 17.4 Å². The topological polar surface area (TPSA) is 62.1 Å². The van der Waals surface area contributed by atoms with Gasteiger partial charge in [0.05, 0.1) is 26.8 Å². The molecule has 0 unspecified atom stereocenters. The lowest BCUT2D eigenvalue weighted by Crippen LogP contribution is -1.97. The second kappa shape index (κ2) is 6.00. The van der Waals surface area contributed by atoms with Gasteiger partial charge in [0.25, 0.3) is 0 Å². The Kier molecular flexibility index (Phi) is 3.89. The van der Waals surface area contributed by atoms with Crippen LogP contribution < -0.4 is 14.2 Å². The van der Waals surface area contributed by atoms with Crippen LogP contribution in [-0.2, 0) is 0 Å². The smallest absolute Gasteiger partial charge is 0.203 e. The summed E-state index contributed by atoms with van der Waals surface area (Å²) in [5, 5.41) is 0. The van der Waals surface area contributed by atoms with E-state index < -0.39 is 0 Å². The maximum absolute atomic E-state index is 11.3. The second-order valence-electron chi connectivity index (χ2n) is 4.81. The molecule has 3 rings (SSSR count). The van der Waals surface area contributed by atoms with Crippen LogP contribution in [0.2, 0.25) is 0 Å². The van der Waals surface area contributed by atoms with E-state index in [2.05, 4.69) is 4.98 Å². The van der Waals surface area contributed by atoms with Crippen LogP contribution >= 0.6 is 0 Å². The van der Waals surface area contributed by atoms with Gasteiger partial charge in [0.15, 0.2) is 17.8 Å². The summed E-state index contributed by atoms with van der Waals surface area (Å²) in [6, 6.07) is 9.20. The number of imidazole rings is 1. The minimum absolute atomic E-state index is 0.384. The van der Waals surface area contributed by atoms with Crippen molar-refractivity contribution in [3.8, 4) is 28.6 Å². The molecule has 0 spiro atoms. The van der Waals surface area contributed by atoms with E-state index in [0.29, 0.717) is 28.8 Å². The molecule has 2 heterocycles. The molecule has 0 radical (unpaired) electrons. The minimum Gasteiger partial charge on any atom is -0.493 e. The van der Waals surface area contributed by atoms with Gasteiger partial charge in [0.2, 0.25) is 5.75 Å². The third-order valence-corrected chi connectivity index (χ3v) is 3.61. The Morgan fingerprint density at radius 3 is 2.30 bits per heavy atom. The molecule has 118 valence electrons. The number of hydrogen-bond donors (Lipinski definition) is 0. The number of carbonyl (C=O) groups is 1. The number of pyridine rings is 1. The van der Waals surface area contributed by atoms with E-state index in [4.69, 9.17) is 14.2 Å². The van der Waals surface area contributed by atoms with E-state index in [1.807, 2.05) is 28.8 Å². The number of aromatic nitrogens is 2. The fourth-order valence-electron chi connectivity index (χ4n) is 2.56. The predicted molar refractivity (Wildman–Crippen MR) is 85.7 cm³/mol. The molecule has 6 heteroatoms. The van der Waals surface area contributed by atoms with Crippen molar-refractivity contribution in [3.63, 3.8) is 0 Å². The van der Waals surface area contributed by atoms with Gasteiger partial charge < -0.3 is 14.2 Å². The average Bonchev–Trinajstić information content (AvgIpc) is 2.99. The van der Waals surface area contributed by atoms with Crippen molar-refractivity contribution in [2.45, 2.75) is 0 Å². The summed E-state index contributed by atoms with van der Waals surface area (Å²) >= 11 is 0. The highest BCUT2D eigenvalue weighted by Crippen LogP contribution is 2.41. The van der Waals surface area contributed by atoms with Crippen LogP contribution in [0.25, 0.3) is 16.9 Å². The summed E-state index contributed by atoms with van der Waals surface area (Å²) in [4.78, 5) is 15.7. The zero-order valence-electron chi connectivity index (χ0n) is 13.1. The van der Waals surface area contributed by atoms with E-state index in [9.17, 15) is 4.79 Å². The third-order valence-electron chi connectivity index (χ3n) is 3.61. The Bertz CT molecular complexity index is 845. The van der Waals surface area contributed by atoms with Gasteiger partial charge in [0, 0.05) is 11.8 Å². The Morgan fingerprint density at radius 1 is 1.04 bits per heavy atom. The number of ether oxygens (including phenoxy) is 3. The molecule has 3 aromatic rings. The summed E-state index contributed by atoms with van der Waals surface area (Å²) in [7, 11) is 4.67. The SMILES string of the molecule is COc1cc(-c2nc(C=O)c3ccccn23)cc(OC)c1OC. The first kappa shape index (κ1) is 14.9. The van der Waals surface area contributed by atoms with Crippen molar-refractivity contribution < 1.29 is 19.0 Å². The van der Waals surface area contributed by atoms with Crippen molar-refractivity contribution in [3.05, 3.63) is 42.2 Å². The zero-order chi connectivity index (χ0) is 16.4. The number of nitrogens with zero attached hydrogens (tertiary/aromatic N) is 2. The summed E-state index contributed by atoms with van der Waals surface area (Å²) in [5.41, 5.74) is 1.88. The first-order valence-corrected chi connectivity index (χ1v) is 6.96. The molecule has 0 saturated carbocycles. The quantitative estimate of drug-likeness (QED) is 0.678. The average molecular weight is 312 g/mol. The number of carbonyl (C=O) groups excluding carboxylic acids is 1. The Labute approximate surface area is 133 Å². The number of rotatable bonds is 5. The van der Waals surface area contributed by atoms with Crippen molar-refractivity contribution in [2.75, 3.05) is 21.3 Å². The molecule has 0 bridgehead atoms. The summed E-state index contributed by atoms with van der Waals surface area (Å²) in [5.74, 6) is 2.20. The van der Waals surface area contributed by atoms with Crippen LogP contribution in [0.1, 0.15) is 10.5 Å². The fourth-order valence-corrected chi connectivity index (χ4v) is 2.56. The number of methoxy groups -OCH3 is 3. The first-order valence-electron chi connectivity index (χ1n) is 6.96. The standard InChI is InChI=1S/C17H16N2O4/c1-21-14-8-11(9-15(22-2)16(14)23-3)17-18-12(10-20)13-6-4-5-7-19(13)17/h4-10H,1-3H3. The number of benzene rings is 1. The van der Waals surface area contributed by atoms with Gasteiger partial charge in [-0.2, -0.15) is 0 Å². The number of fused-ring (bicyclic) bond motifs is 1. The van der Waals surface area contributed by atoms with Gasteiger partial charge in [-0.3, -0.25) is 9.20 Å². The van der Waals surface area contributed by atoms with Gasteiger partial charge in [-0.05, 0) is 24.3 Å². The molecule has 0 fully saturated rings. The normalized spacial score (nSPS) is 10.6. The van der Waals surface area contributed by atoms with E-state index >= 15 is 0 Å². The molecule has 0 N–H and O–H groups in total. The van der Waals surface area contributed by atoms with Gasteiger partial charge >= 0.3 is 0 Å². The van der Waals surface area contributed by atoms with Crippen LogP contribution in [0.4, 0.5) is 0 Å². The van der Waals surface area contributed by atoms with E-state index in [1.54, 1.807) is 33.5 Å². The first-order chi connectivity index (χ1) is 11.2. The Hall–Kier alpha value is -3.02. The maximum atomic E-state index is 11.3. The predicted octanol–water partition coefficient (Wildman–Crippen LogP) is 2.84. The van der Waals surface area contributed by atoms with Crippen molar-refractivity contribution in [1.82, 2.24) is 9.38 Å². The lowest BCUT2D eigenvalue weighted by Gasteiger charge is -2.13. The molecule has 0 aliphatic carbocycles. The monoisotopic (exact) mass is 312 g/mol. The van der Waals surface area contributed by atoms with Gasteiger partial charge in [-0.25, -0.2) is 4.98 Å². The van der Waals surface area contributed by atoms with E-state index in [1.165, 1.54) is 0 Å². The molecule has 0 amide bonds. The highest BCUT2D eigenvalue weighted by molar-refractivity contribution is 5.86. The number of hydrogen-bond acceptors (Lipinski definition) is 5. The zero-order valence-corrected chi connectivity index (χ0v) is 13.1.